The van der Waals surface area contributed by atoms with Crippen molar-refractivity contribution in [3.8, 4) is 11.5 Å². The lowest BCUT2D eigenvalue weighted by Crippen LogP contribution is -2.40. The minimum atomic E-state index is 0.752. The summed E-state index contributed by atoms with van der Waals surface area (Å²) in [5, 5.41) is 3.39. The van der Waals surface area contributed by atoms with Gasteiger partial charge >= 0.3 is 0 Å². The number of rotatable bonds is 9. The summed E-state index contributed by atoms with van der Waals surface area (Å²) in [6, 6.07) is 6.00. The second-order valence-electron chi connectivity index (χ2n) is 5.27. The lowest BCUT2D eigenvalue weighted by Gasteiger charge is -2.22. The molecule has 0 fully saturated rings. The van der Waals surface area contributed by atoms with Crippen LogP contribution in [-0.4, -0.2) is 52.3 Å². The molecule has 0 amide bonds. The van der Waals surface area contributed by atoms with Crippen LogP contribution in [0, 0.1) is 0 Å². The summed E-state index contributed by atoms with van der Waals surface area (Å²) < 4.78 is 10.6. The van der Waals surface area contributed by atoms with Crippen molar-refractivity contribution >= 4 is 5.96 Å². The molecule has 0 heterocycles. The molecular formula is C18H29N3O2. The average molecular weight is 319 g/mol. The van der Waals surface area contributed by atoms with E-state index in [9.17, 15) is 0 Å². The maximum atomic E-state index is 5.33. The van der Waals surface area contributed by atoms with Gasteiger partial charge in [0.25, 0.3) is 0 Å². The van der Waals surface area contributed by atoms with Crippen molar-refractivity contribution in [2.75, 3.05) is 41.4 Å². The summed E-state index contributed by atoms with van der Waals surface area (Å²) in [4.78, 5) is 6.46. The van der Waals surface area contributed by atoms with Crippen molar-refractivity contribution in [1.29, 1.82) is 0 Å². The molecule has 0 saturated heterocycles. The highest BCUT2D eigenvalue weighted by Crippen LogP contribution is 2.27. The van der Waals surface area contributed by atoms with Crippen LogP contribution in [0.5, 0.6) is 11.5 Å². The zero-order valence-corrected chi connectivity index (χ0v) is 14.8. The van der Waals surface area contributed by atoms with E-state index in [2.05, 4.69) is 34.9 Å². The predicted octanol–water partition coefficient (Wildman–Crippen LogP) is 2.72. The SMILES string of the molecule is C=CCCCN(C)C(=NC)NCCc1ccc(OC)c(OC)c1. The molecule has 5 nitrogen and oxygen atoms in total. The summed E-state index contributed by atoms with van der Waals surface area (Å²) in [5.74, 6) is 2.42. The first-order valence-electron chi connectivity index (χ1n) is 7.89. The first-order valence-corrected chi connectivity index (χ1v) is 7.89. The molecule has 0 atom stereocenters. The van der Waals surface area contributed by atoms with Crippen molar-refractivity contribution in [3.63, 3.8) is 0 Å². The number of hydrogen-bond acceptors (Lipinski definition) is 3. The average Bonchev–Trinajstić information content (AvgIpc) is 2.58. The summed E-state index contributed by atoms with van der Waals surface area (Å²) in [7, 11) is 7.16. The lowest BCUT2D eigenvalue weighted by molar-refractivity contribution is 0.354. The Hall–Kier alpha value is -2.17. The van der Waals surface area contributed by atoms with Crippen LogP contribution in [0.3, 0.4) is 0 Å². The molecule has 0 aliphatic rings. The van der Waals surface area contributed by atoms with Crippen LogP contribution >= 0.6 is 0 Å². The van der Waals surface area contributed by atoms with Crippen molar-refractivity contribution in [2.45, 2.75) is 19.3 Å². The number of nitrogens with zero attached hydrogens (tertiary/aromatic N) is 2. The topological polar surface area (TPSA) is 46.1 Å². The number of nitrogens with one attached hydrogen (secondary N) is 1. The van der Waals surface area contributed by atoms with Gasteiger partial charge in [0.05, 0.1) is 14.2 Å². The fourth-order valence-corrected chi connectivity index (χ4v) is 2.32. The maximum Gasteiger partial charge on any atom is 0.193 e. The molecule has 0 bridgehead atoms. The Bertz CT molecular complexity index is 515. The molecule has 0 aliphatic heterocycles. The molecule has 1 N–H and O–H groups in total. The van der Waals surface area contributed by atoms with Crippen LogP contribution in [-0.2, 0) is 6.42 Å². The van der Waals surface area contributed by atoms with E-state index in [-0.39, 0.29) is 0 Å². The summed E-state index contributed by atoms with van der Waals surface area (Å²) in [5.41, 5.74) is 1.19. The third-order valence-electron chi connectivity index (χ3n) is 3.62. The highest BCUT2D eigenvalue weighted by Gasteiger charge is 2.07. The molecule has 128 valence electrons. The number of allylic oxidation sites excluding steroid dienone is 1. The van der Waals surface area contributed by atoms with E-state index in [1.165, 1.54) is 5.56 Å². The molecule has 0 spiro atoms. The first kappa shape index (κ1) is 18.9. The molecule has 0 radical (unpaired) electrons. The smallest absolute Gasteiger partial charge is 0.193 e. The number of ether oxygens (including phenoxy) is 2. The van der Waals surface area contributed by atoms with Crippen LogP contribution in [0.1, 0.15) is 18.4 Å². The number of hydrogen-bond donors (Lipinski definition) is 1. The van der Waals surface area contributed by atoms with Gasteiger partial charge in [-0.1, -0.05) is 12.1 Å². The van der Waals surface area contributed by atoms with E-state index < -0.39 is 0 Å². The van der Waals surface area contributed by atoms with E-state index in [0.717, 1.165) is 49.8 Å². The van der Waals surface area contributed by atoms with Gasteiger partial charge in [0.15, 0.2) is 17.5 Å². The molecule has 23 heavy (non-hydrogen) atoms. The summed E-state index contributed by atoms with van der Waals surface area (Å²) >= 11 is 0. The van der Waals surface area contributed by atoms with Gasteiger partial charge in [-0.15, -0.1) is 6.58 Å². The molecule has 1 aromatic carbocycles. The van der Waals surface area contributed by atoms with Crippen LogP contribution in [0.4, 0.5) is 0 Å². The second-order valence-corrected chi connectivity index (χ2v) is 5.27. The van der Waals surface area contributed by atoms with Gasteiger partial charge in [-0.25, -0.2) is 0 Å². The molecule has 0 aliphatic carbocycles. The van der Waals surface area contributed by atoms with Gasteiger partial charge in [-0.2, -0.15) is 0 Å². The second kappa shape index (κ2) is 10.5. The van der Waals surface area contributed by atoms with Crippen LogP contribution in [0.2, 0.25) is 0 Å². The Morgan fingerprint density at radius 2 is 2.04 bits per heavy atom. The predicted molar refractivity (Wildman–Crippen MR) is 96.7 cm³/mol. The normalized spacial score (nSPS) is 11.0. The fourth-order valence-electron chi connectivity index (χ4n) is 2.32. The molecule has 0 saturated carbocycles. The summed E-state index contributed by atoms with van der Waals surface area (Å²) in [6.07, 6.45) is 4.93. The third kappa shape index (κ3) is 6.22. The van der Waals surface area contributed by atoms with Gasteiger partial charge in [0.1, 0.15) is 0 Å². The van der Waals surface area contributed by atoms with Crippen molar-refractivity contribution in [1.82, 2.24) is 10.2 Å². The minimum Gasteiger partial charge on any atom is -0.493 e. The maximum absolute atomic E-state index is 5.33. The van der Waals surface area contributed by atoms with E-state index in [1.54, 1.807) is 14.2 Å². The van der Waals surface area contributed by atoms with Crippen LogP contribution in [0.25, 0.3) is 0 Å². The highest BCUT2D eigenvalue weighted by molar-refractivity contribution is 5.79. The van der Waals surface area contributed by atoms with Crippen molar-refractivity contribution in [3.05, 3.63) is 36.4 Å². The zero-order chi connectivity index (χ0) is 17.1. The Kier molecular flexibility index (Phi) is 8.65. The third-order valence-corrected chi connectivity index (χ3v) is 3.62. The Balaban J connectivity index is 2.49. The standard InChI is InChI=1S/C18H29N3O2/c1-6-7-8-13-21(3)18(19-2)20-12-11-15-9-10-16(22-4)17(14-15)23-5/h6,9-10,14H,1,7-8,11-13H2,2-5H3,(H,19,20). The lowest BCUT2D eigenvalue weighted by atomic mass is 10.1. The fraction of sp³-hybridized carbons (Fsp3) is 0.500. The van der Waals surface area contributed by atoms with E-state index in [4.69, 9.17) is 9.47 Å². The molecule has 5 heteroatoms. The van der Waals surface area contributed by atoms with E-state index in [1.807, 2.05) is 25.3 Å². The quantitative estimate of drug-likeness (QED) is 0.329. The molecular weight excluding hydrogens is 290 g/mol. The van der Waals surface area contributed by atoms with Gasteiger partial charge < -0.3 is 19.7 Å². The van der Waals surface area contributed by atoms with Gasteiger partial charge in [-0.3, -0.25) is 4.99 Å². The Morgan fingerprint density at radius 1 is 1.30 bits per heavy atom. The highest BCUT2D eigenvalue weighted by atomic mass is 16.5. The number of aliphatic imine (C=N–C) groups is 1. The zero-order valence-electron chi connectivity index (χ0n) is 14.8. The Morgan fingerprint density at radius 3 is 2.65 bits per heavy atom. The van der Waals surface area contributed by atoms with Crippen molar-refractivity contribution < 1.29 is 9.47 Å². The van der Waals surface area contributed by atoms with Crippen molar-refractivity contribution in [2.24, 2.45) is 4.99 Å². The monoisotopic (exact) mass is 319 g/mol. The van der Waals surface area contributed by atoms with E-state index in [0.29, 0.717) is 0 Å². The number of unbranched alkanes of at least 4 members (excludes halogenated alkanes) is 1. The first-order chi connectivity index (χ1) is 11.2. The number of guanidine groups is 1. The van der Waals surface area contributed by atoms with Crippen LogP contribution < -0.4 is 14.8 Å². The molecule has 0 aromatic heterocycles. The van der Waals surface area contributed by atoms with Gasteiger partial charge in [0.2, 0.25) is 0 Å². The Labute approximate surface area is 140 Å². The van der Waals surface area contributed by atoms with E-state index >= 15 is 0 Å². The number of benzene rings is 1. The van der Waals surface area contributed by atoms with Gasteiger partial charge in [-0.05, 0) is 37.0 Å². The number of methoxy groups -OCH3 is 2. The largest absolute Gasteiger partial charge is 0.493 e. The van der Waals surface area contributed by atoms with Gasteiger partial charge in [0, 0.05) is 27.2 Å². The van der Waals surface area contributed by atoms with Crippen LogP contribution in [0.15, 0.2) is 35.8 Å². The molecule has 1 aromatic rings. The summed E-state index contributed by atoms with van der Waals surface area (Å²) in [6.45, 7) is 5.52. The molecule has 0 unspecified atom stereocenters. The molecule has 1 rings (SSSR count). The minimum absolute atomic E-state index is 0.752.